The molecule has 3 aromatic carbocycles. The summed E-state index contributed by atoms with van der Waals surface area (Å²) in [5.41, 5.74) is 3.29. The van der Waals surface area contributed by atoms with E-state index < -0.39 is 0 Å². The normalized spacial score (nSPS) is 11.7. The predicted molar refractivity (Wildman–Crippen MR) is 112 cm³/mol. The van der Waals surface area contributed by atoms with Gasteiger partial charge in [-0.1, -0.05) is 78.9 Å². The molecular weight excluding hydrogens is 332 g/mol. The third-order valence-electron chi connectivity index (χ3n) is 4.64. The van der Waals surface area contributed by atoms with Crippen LogP contribution in [0, 0.1) is 0 Å². The topological polar surface area (TPSA) is 32.3 Å². The predicted octanol–water partition coefficient (Wildman–Crippen LogP) is 4.96. The number of amides is 1. The summed E-state index contributed by atoms with van der Waals surface area (Å²) in [6.45, 7) is 3.35. The van der Waals surface area contributed by atoms with Crippen molar-refractivity contribution in [3.05, 3.63) is 102 Å². The molecule has 3 nitrogen and oxygen atoms in total. The smallest absolute Gasteiger partial charge is 0.228 e. The highest BCUT2D eigenvalue weighted by Crippen LogP contribution is 2.18. The summed E-state index contributed by atoms with van der Waals surface area (Å²) in [5.74, 6) is 0.123. The molecule has 0 heterocycles. The van der Waals surface area contributed by atoms with Crippen LogP contribution in [0.25, 0.3) is 0 Å². The first-order valence-corrected chi connectivity index (χ1v) is 9.41. The van der Waals surface area contributed by atoms with Crippen LogP contribution >= 0.6 is 0 Å². The number of para-hydroxylation sites is 1. The molecule has 27 heavy (non-hydrogen) atoms. The maximum Gasteiger partial charge on any atom is 0.228 e. The molecule has 0 fully saturated rings. The van der Waals surface area contributed by atoms with E-state index in [9.17, 15) is 4.79 Å². The first kappa shape index (κ1) is 18.9. The molecule has 0 saturated heterocycles. The standard InChI is InChI=1S/C24H26N2O/c1-20(22-13-7-3-8-14-22)25-18-17-24(27)26(23-15-9-4-10-16-23)19-21-11-5-2-6-12-21/h2-16,20,25H,17-19H2,1H3. The number of nitrogens with zero attached hydrogens (tertiary/aromatic N) is 1. The van der Waals surface area contributed by atoms with Crippen molar-refractivity contribution < 1.29 is 4.79 Å². The Labute approximate surface area is 161 Å². The zero-order valence-electron chi connectivity index (χ0n) is 15.7. The van der Waals surface area contributed by atoms with Crippen molar-refractivity contribution in [2.45, 2.75) is 25.9 Å². The second kappa shape index (κ2) is 9.70. The first-order valence-electron chi connectivity index (χ1n) is 9.41. The van der Waals surface area contributed by atoms with Gasteiger partial charge in [0, 0.05) is 24.7 Å². The van der Waals surface area contributed by atoms with Crippen LogP contribution in [0.5, 0.6) is 0 Å². The van der Waals surface area contributed by atoms with Crippen LogP contribution in [-0.2, 0) is 11.3 Å². The highest BCUT2D eigenvalue weighted by atomic mass is 16.2. The Morgan fingerprint density at radius 1 is 0.852 bits per heavy atom. The Balaban J connectivity index is 1.62. The van der Waals surface area contributed by atoms with Crippen molar-refractivity contribution >= 4 is 11.6 Å². The van der Waals surface area contributed by atoms with E-state index in [1.54, 1.807) is 0 Å². The molecule has 0 aromatic heterocycles. The van der Waals surface area contributed by atoms with E-state index in [1.807, 2.05) is 71.6 Å². The highest BCUT2D eigenvalue weighted by molar-refractivity contribution is 5.93. The average molecular weight is 358 g/mol. The third kappa shape index (κ3) is 5.53. The molecule has 1 atom stereocenters. The van der Waals surface area contributed by atoms with Crippen LogP contribution in [0.3, 0.4) is 0 Å². The summed E-state index contributed by atoms with van der Waals surface area (Å²) < 4.78 is 0. The van der Waals surface area contributed by atoms with Crippen molar-refractivity contribution in [2.24, 2.45) is 0 Å². The Kier molecular flexibility index (Phi) is 6.78. The van der Waals surface area contributed by atoms with Gasteiger partial charge in [-0.2, -0.15) is 0 Å². The lowest BCUT2D eigenvalue weighted by Gasteiger charge is -2.24. The van der Waals surface area contributed by atoms with E-state index in [1.165, 1.54) is 5.56 Å². The molecule has 3 rings (SSSR count). The quantitative estimate of drug-likeness (QED) is 0.617. The molecule has 3 heteroatoms. The number of carbonyl (C=O) groups excluding carboxylic acids is 1. The molecule has 0 saturated carbocycles. The number of carbonyl (C=O) groups is 1. The van der Waals surface area contributed by atoms with E-state index in [0.717, 1.165) is 11.3 Å². The molecule has 0 aliphatic carbocycles. The van der Waals surface area contributed by atoms with Gasteiger partial charge in [-0.3, -0.25) is 4.79 Å². The Morgan fingerprint density at radius 3 is 2.04 bits per heavy atom. The Morgan fingerprint density at radius 2 is 1.41 bits per heavy atom. The molecule has 0 aliphatic heterocycles. The molecule has 138 valence electrons. The average Bonchev–Trinajstić information content (AvgIpc) is 2.74. The lowest BCUT2D eigenvalue weighted by Crippen LogP contribution is -2.33. The third-order valence-corrected chi connectivity index (χ3v) is 4.64. The van der Waals surface area contributed by atoms with E-state index in [-0.39, 0.29) is 11.9 Å². The second-order valence-electron chi connectivity index (χ2n) is 6.64. The number of anilines is 1. The van der Waals surface area contributed by atoms with Gasteiger partial charge in [-0.25, -0.2) is 0 Å². The first-order chi connectivity index (χ1) is 13.2. The maximum atomic E-state index is 13.0. The van der Waals surface area contributed by atoms with Gasteiger partial charge < -0.3 is 10.2 Å². The molecule has 1 unspecified atom stereocenters. The van der Waals surface area contributed by atoms with Crippen LogP contribution in [0.2, 0.25) is 0 Å². The van der Waals surface area contributed by atoms with Crippen molar-refractivity contribution in [2.75, 3.05) is 11.4 Å². The molecule has 0 radical (unpaired) electrons. The molecule has 0 aliphatic rings. The van der Waals surface area contributed by atoms with Crippen LogP contribution in [0.15, 0.2) is 91.0 Å². The molecule has 1 N–H and O–H groups in total. The molecule has 3 aromatic rings. The van der Waals surface area contributed by atoms with Crippen LogP contribution in [0.1, 0.15) is 30.5 Å². The van der Waals surface area contributed by atoms with Crippen LogP contribution in [0.4, 0.5) is 5.69 Å². The lowest BCUT2D eigenvalue weighted by molar-refractivity contribution is -0.118. The van der Waals surface area contributed by atoms with Gasteiger partial charge in [-0.05, 0) is 30.2 Å². The Hall–Kier alpha value is -2.91. The second-order valence-corrected chi connectivity index (χ2v) is 6.64. The van der Waals surface area contributed by atoms with Crippen LogP contribution < -0.4 is 10.2 Å². The monoisotopic (exact) mass is 358 g/mol. The van der Waals surface area contributed by atoms with Crippen molar-refractivity contribution in [3.8, 4) is 0 Å². The summed E-state index contributed by atoms with van der Waals surface area (Å²) in [6, 6.07) is 30.5. The van der Waals surface area contributed by atoms with E-state index >= 15 is 0 Å². The molecule has 0 bridgehead atoms. The largest absolute Gasteiger partial charge is 0.310 e. The minimum Gasteiger partial charge on any atom is -0.310 e. The molecule has 1 amide bonds. The van der Waals surface area contributed by atoms with Gasteiger partial charge in [0.15, 0.2) is 0 Å². The van der Waals surface area contributed by atoms with Crippen molar-refractivity contribution in [3.63, 3.8) is 0 Å². The van der Waals surface area contributed by atoms with Gasteiger partial charge in [-0.15, -0.1) is 0 Å². The van der Waals surface area contributed by atoms with Gasteiger partial charge >= 0.3 is 0 Å². The number of benzene rings is 3. The van der Waals surface area contributed by atoms with Gasteiger partial charge in [0.2, 0.25) is 5.91 Å². The van der Waals surface area contributed by atoms with E-state index in [2.05, 4.69) is 36.5 Å². The zero-order chi connectivity index (χ0) is 18.9. The maximum absolute atomic E-state index is 13.0. The number of hydrogen-bond donors (Lipinski definition) is 1. The summed E-state index contributed by atoms with van der Waals surface area (Å²) in [4.78, 5) is 14.8. The van der Waals surface area contributed by atoms with Gasteiger partial charge in [0.25, 0.3) is 0 Å². The van der Waals surface area contributed by atoms with E-state index in [0.29, 0.717) is 19.5 Å². The van der Waals surface area contributed by atoms with Crippen molar-refractivity contribution in [1.82, 2.24) is 5.32 Å². The Bertz CT molecular complexity index is 819. The highest BCUT2D eigenvalue weighted by Gasteiger charge is 2.16. The molecule has 0 spiro atoms. The summed E-state index contributed by atoms with van der Waals surface area (Å²) in [5, 5.41) is 3.45. The minimum absolute atomic E-state index is 0.123. The number of nitrogens with one attached hydrogen (secondary N) is 1. The minimum atomic E-state index is 0.123. The summed E-state index contributed by atoms with van der Waals surface area (Å²) in [6.07, 6.45) is 0.457. The fraction of sp³-hybridized carbons (Fsp3) is 0.208. The van der Waals surface area contributed by atoms with Gasteiger partial charge in [0.1, 0.15) is 0 Å². The van der Waals surface area contributed by atoms with Crippen molar-refractivity contribution in [1.29, 1.82) is 0 Å². The lowest BCUT2D eigenvalue weighted by atomic mass is 10.1. The summed E-state index contributed by atoms with van der Waals surface area (Å²) in [7, 11) is 0. The fourth-order valence-electron chi connectivity index (χ4n) is 3.09. The van der Waals surface area contributed by atoms with E-state index in [4.69, 9.17) is 0 Å². The van der Waals surface area contributed by atoms with Crippen LogP contribution in [-0.4, -0.2) is 12.5 Å². The fourth-order valence-corrected chi connectivity index (χ4v) is 3.09. The van der Waals surface area contributed by atoms with Gasteiger partial charge in [0.05, 0.1) is 6.54 Å². The SMILES string of the molecule is CC(NCCC(=O)N(Cc1ccccc1)c1ccccc1)c1ccccc1. The zero-order valence-corrected chi connectivity index (χ0v) is 15.7. The number of rotatable bonds is 8. The molecular formula is C24H26N2O. The summed E-state index contributed by atoms with van der Waals surface area (Å²) >= 11 is 0. The number of hydrogen-bond acceptors (Lipinski definition) is 2.